The highest BCUT2D eigenvalue weighted by Gasteiger charge is 2.09. The fraction of sp³-hybridized carbons (Fsp3) is 0.100. The van der Waals surface area contributed by atoms with Crippen molar-refractivity contribution >= 4 is 17.6 Å². The van der Waals surface area contributed by atoms with Gasteiger partial charge in [-0.3, -0.25) is 0 Å². The Bertz CT molecular complexity index is 551. The van der Waals surface area contributed by atoms with Crippen LogP contribution >= 0.6 is 11.6 Å². The highest BCUT2D eigenvalue weighted by Crippen LogP contribution is 2.14. The predicted octanol–water partition coefficient (Wildman–Crippen LogP) is 1.93. The number of nitrogens with zero attached hydrogens (tertiary/aromatic N) is 3. The second-order valence-corrected chi connectivity index (χ2v) is 3.71. The Morgan fingerprint density at radius 1 is 1.50 bits per heavy atom. The molecule has 0 spiro atoms. The second kappa shape index (κ2) is 3.94. The summed E-state index contributed by atoms with van der Waals surface area (Å²) < 4.78 is 1.50. The van der Waals surface area contributed by atoms with E-state index in [1.165, 1.54) is 17.1 Å². The summed E-state index contributed by atoms with van der Waals surface area (Å²) in [4.78, 5) is 14.8. The van der Waals surface area contributed by atoms with Gasteiger partial charge in [0.05, 0.1) is 23.0 Å². The van der Waals surface area contributed by atoms with Gasteiger partial charge in [0, 0.05) is 6.20 Å². The number of carboxylic acids is 1. The van der Waals surface area contributed by atoms with Gasteiger partial charge < -0.3 is 5.11 Å². The van der Waals surface area contributed by atoms with Crippen LogP contribution in [0.3, 0.4) is 0 Å². The Labute approximate surface area is 96.3 Å². The minimum absolute atomic E-state index is 0.152. The molecule has 0 aliphatic rings. The lowest BCUT2D eigenvalue weighted by atomic mass is 10.2. The first-order valence-corrected chi connectivity index (χ1v) is 4.86. The molecule has 5 nitrogen and oxygen atoms in total. The van der Waals surface area contributed by atoms with E-state index in [1.807, 2.05) is 0 Å². The van der Waals surface area contributed by atoms with Crippen LogP contribution in [-0.4, -0.2) is 25.8 Å². The van der Waals surface area contributed by atoms with Gasteiger partial charge in [0.15, 0.2) is 5.82 Å². The standard InChI is InChI=1S/C10H8ClN3O2/c1-6-2-7(10(15)16)3-12-9(6)14-5-8(11)4-13-14/h2-5H,1H3,(H,15,16). The Morgan fingerprint density at radius 3 is 2.75 bits per heavy atom. The molecule has 2 aromatic heterocycles. The maximum Gasteiger partial charge on any atom is 0.337 e. The summed E-state index contributed by atoms with van der Waals surface area (Å²) in [6.45, 7) is 1.77. The van der Waals surface area contributed by atoms with Crippen molar-refractivity contribution in [1.82, 2.24) is 14.8 Å². The fourth-order valence-corrected chi connectivity index (χ4v) is 1.48. The minimum atomic E-state index is -0.999. The van der Waals surface area contributed by atoms with Crippen molar-refractivity contribution in [1.29, 1.82) is 0 Å². The third kappa shape index (κ3) is 1.90. The molecule has 0 saturated carbocycles. The van der Waals surface area contributed by atoms with E-state index in [-0.39, 0.29) is 5.56 Å². The molecule has 6 heteroatoms. The maximum atomic E-state index is 10.7. The smallest absolute Gasteiger partial charge is 0.337 e. The molecule has 1 N–H and O–H groups in total. The zero-order chi connectivity index (χ0) is 11.7. The highest BCUT2D eigenvalue weighted by molar-refractivity contribution is 6.30. The van der Waals surface area contributed by atoms with Gasteiger partial charge in [-0.1, -0.05) is 11.6 Å². The maximum absolute atomic E-state index is 10.7. The monoisotopic (exact) mass is 237 g/mol. The Balaban J connectivity index is 2.47. The first-order chi connectivity index (χ1) is 7.58. The van der Waals surface area contributed by atoms with Gasteiger partial charge in [0.1, 0.15) is 0 Å². The van der Waals surface area contributed by atoms with Crippen LogP contribution in [0, 0.1) is 6.92 Å². The Hall–Kier alpha value is -1.88. The highest BCUT2D eigenvalue weighted by atomic mass is 35.5. The summed E-state index contributed by atoms with van der Waals surface area (Å²) >= 11 is 5.74. The van der Waals surface area contributed by atoms with Gasteiger partial charge in [-0.25, -0.2) is 14.5 Å². The molecule has 0 saturated heterocycles. The molecule has 0 aromatic carbocycles. The van der Waals surface area contributed by atoms with Crippen molar-refractivity contribution in [2.45, 2.75) is 6.92 Å². The number of aromatic nitrogens is 3. The summed E-state index contributed by atoms with van der Waals surface area (Å²) in [5.41, 5.74) is 0.874. The van der Waals surface area contributed by atoms with Gasteiger partial charge in [0.2, 0.25) is 0 Å². The Kier molecular flexibility index (Phi) is 2.62. The van der Waals surface area contributed by atoms with Crippen LogP contribution in [0.25, 0.3) is 5.82 Å². The SMILES string of the molecule is Cc1cc(C(=O)O)cnc1-n1cc(Cl)cn1. The molecular weight excluding hydrogens is 230 g/mol. The lowest BCUT2D eigenvalue weighted by Crippen LogP contribution is -2.04. The molecule has 2 aromatic rings. The first kappa shape index (κ1) is 10.6. The molecule has 82 valence electrons. The van der Waals surface area contributed by atoms with Crippen LogP contribution in [0.15, 0.2) is 24.7 Å². The topological polar surface area (TPSA) is 68.0 Å². The van der Waals surface area contributed by atoms with Crippen LogP contribution in [-0.2, 0) is 0 Å². The van der Waals surface area contributed by atoms with E-state index in [9.17, 15) is 4.79 Å². The fourth-order valence-electron chi connectivity index (χ4n) is 1.34. The van der Waals surface area contributed by atoms with E-state index >= 15 is 0 Å². The van der Waals surface area contributed by atoms with Gasteiger partial charge in [-0.2, -0.15) is 5.10 Å². The number of rotatable bonds is 2. The summed E-state index contributed by atoms with van der Waals surface area (Å²) in [6, 6.07) is 1.54. The summed E-state index contributed by atoms with van der Waals surface area (Å²) in [5.74, 6) is -0.433. The molecule has 0 bridgehead atoms. The molecule has 0 unspecified atom stereocenters. The summed E-state index contributed by atoms with van der Waals surface area (Å²) in [5, 5.41) is 13.3. The molecule has 16 heavy (non-hydrogen) atoms. The zero-order valence-corrected chi connectivity index (χ0v) is 9.14. The molecule has 0 amide bonds. The van der Waals surface area contributed by atoms with E-state index in [0.717, 1.165) is 5.56 Å². The largest absolute Gasteiger partial charge is 0.478 e. The van der Waals surface area contributed by atoms with Gasteiger partial charge >= 0.3 is 5.97 Å². The predicted molar refractivity (Wildman–Crippen MR) is 58.1 cm³/mol. The third-order valence-electron chi connectivity index (χ3n) is 2.07. The van der Waals surface area contributed by atoms with Gasteiger partial charge in [0.25, 0.3) is 0 Å². The molecule has 0 fully saturated rings. The van der Waals surface area contributed by atoms with Crippen molar-refractivity contribution in [2.75, 3.05) is 0 Å². The Morgan fingerprint density at radius 2 is 2.25 bits per heavy atom. The molecular formula is C10H8ClN3O2. The molecule has 0 aliphatic carbocycles. The van der Waals surface area contributed by atoms with Crippen LogP contribution in [0.2, 0.25) is 5.02 Å². The lowest BCUT2D eigenvalue weighted by Gasteiger charge is -2.04. The van der Waals surface area contributed by atoms with E-state index in [0.29, 0.717) is 10.8 Å². The van der Waals surface area contributed by atoms with Crippen LogP contribution < -0.4 is 0 Å². The van der Waals surface area contributed by atoms with Crippen LogP contribution in [0.4, 0.5) is 0 Å². The molecule has 0 atom stereocenters. The normalized spacial score (nSPS) is 10.4. The van der Waals surface area contributed by atoms with E-state index in [4.69, 9.17) is 16.7 Å². The number of aromatic carboxylic acids is 1. The molecule has 2 rings (SSSR count). The average Bonchev–Trinajstić information content (AvgIpc) is 2.64. The summed E-state index contributed by atoms with van der Waals surface area (Å²) in [6.07, 6.45) is 4.39. The van der Waals surface area contributed by atoms with Crippen molar-refractivity contribution in [2.24, 2.45) is 0 Å². The number of hydrogen-bond acceptors (Lipinski definition) is 3. The number of carboxylic acid groups (broad SMARTS) is 1. The lowest BCUT2D eigenvalue weighted by molar-refractivity contribution is 0.0696. The van der Waals surface area contributed by atoms with Crippen molar-refractivity contribution < 1.29 is 9.90 Å². The minimum Gasteiger partial charge on any atom is -0.478 e. The van der Waals surface area contributed by atoms with E-state index in [1.54, 1.807) is 19.2 Å². The number of pyridine rings is 1. The second-order valence-electron chi connectivity index (χ2n) is 3.27. The van der Waals surface area contributed by atoms with E-state index in [2.05, 4.69) is 10.1 Å². The number of carbonyl (C=O) groups is 1. The van der Waals surface area contributed by atoms with Crippen molar-refractivity contribution in [3.8, 4) is 5.82 Å². The number of aryl methyl sites for hydroxylation is 1. The third-order valence-corrected chi connectivity index (χ3v) is 2.26. The molecule has 0 radical (unpaired) electrons. The number of hydrogen-bond donors (Lipinski definition) is 1. The zero-order valence-electron chi connectivity index (χ0n) is 8.38. The van der Waals surface area contributed by atoms with Gasteiger partial charge in [-0.05, 0) is 18.6 Å². The van der Waals surface area contributed by atoms with Crippen LogP contribution in [0.1, 0.15) is 15.9 Å². The molecule has 2 heterocycles. The summed E-state index contributed by atoms with van der Waals surface area (Å²) in [7, 11) is 0. The van der Waals surface area contributed by atoms with Gasteiger partial charge in [-0.15, -0.1) is 0 Å². The first-order valence-electron chi connectivity index (χ1n) is 4.48. The quantitative estimate of drug-likeness (QED) is 0.867. The average molecular weight is 238 g/mol. The molecule has 0 aliphatic heterocycles. The van der Waals surface area contributed by atoms with Crippen molar-refractivity contribution in [3.63, 3.8) is 0 Å². The van der Waals surface area contributed by atoms with E-state index < -0.39 is 5.97 Å². The van der Waals surface area contributed by atoms with Crippen LogP contribution in [0.5, 0.6) is 0 Å². The van der Waals surface area contributed by atoms with Crippen molar-refractivity contribution in [3.05, 3.63) is 40.8 Å². The number of halogens is 1.